The summed E-state index contributed by atoms with van der Waals surface area (Å²) in [6, 6.07) is 5.21. The Morgan fingerprint density at radius 1 is 1.35 bits per heavy atom. The van der Waals surface area contributed by atoms with Crippen molar-refractivity contribution in [1.82, 2.24) is 4.31 Å². The molecule has 2 N–H and O–H groups in total. The van der Waals surface area contributed by atoms with E-state index < -0.39 is 10.2 Å². The summed E-state index contributed by atoms with van der Waals surface area (Å²) >= 11 is 0. The third kappa shape index (κ3) is 3.51. The highest BCUT2D eigenvalue weighted by molar-refractivity contribution is 7.90. The number of aliphatic hydroxyl groups is 1. The molecule has 0 aromatic heterocycles. The lowest BCUT2D eigenvalue weighted by Gasteiger charge is -2.17. The van der Waals surface area contributed by atoms with E-state index in [1.807, 2.05) is 13.0 Å². The molecule has 5 nitrogen and oxygen atoms in total. The van der Waals surface area contributed by atoms with Crippen LogP contribution in [-0.2, 0) is 10.2 Å². The van der Waals surface area contributed by atoms with E-state index in [4.69, 9.17) is 5.11 Å². The van der Waals surface area contributed by atoms with E-state index in [2.05, 4.69) is 16.6 Å². The average molecular weight is 294 g/mol. The van der Waals surface area contributed by atoms with Crippen molar-refractivity contribution in [2.24, 2.45) is 0 Å². The molecule has 1 aromatic carbocycles. The molecule has 0 atom stereocenters. The summed E-state index contributed by atoms with van der Waals surface area (Å²) in [5, 5.41) is 8.73. The quantitative estimate of drug-likeness (QED) is 0.820. The van der Waals surface area contributed by atoms with E-state index >= 15 is 0 Å². The molecule has 0 amide bonds. The van der Waals surface area contributed by atoms with Gasteiger partial charge in [0.15, 0.2) is 0 Å². The topological polar surface area (TPSA) is 69.6 Å². The molecule has 2 rings (SSSR count). The van der Waals surface area contributed by atoms with E-state index in [1.54, 1.807) is 12.1 Å². The van der Waals surface area contributed by atoms with Gasteiger partial charge in [0, 0.05) is 18.7 Å². The van der Waals surface area contributed by atoms with Gasteiger partial charge >= 0.3 is 10.2 Å². The van der Waals surface area contributed by atoms with E-state index in [-0.39, 0.29) is 6.61 Å². The first kappa shape index (κ1) is 14.9. The Labute approximate surface area is 119 Å². The Bertz CT molecular complexity index is 638. The number of hydrogen-bond donors (Lipinski definition) is 2. The number of aliphatic hydroxyl groups excluding tert-OH is 1. The summed E-state index contributed by atoms with van der Waals surface area (Å²) in [7, 11) is -3.48. The van der Waals surface area contributed by atoms with Crippen LogP contribution in [0.25, 0.3) is 0 Å². The smallest absolute Gasteiger partial charge is 0.301 e. The van der Waals surface area contributed by atoms with Crippen molar-refractivity contribution >= 4 is 15.9 Å². The second-order valence-electron chi connectivity index (χ2n) is 4.70. The largest absolute Gasteiger partial charge is 0.384 e. The van der Waals surface area contributed by atoms with Crippen LogP contribution in [-0.4, -0.2) is 37.5 Å². The molecule has 20 heavy (non-hydrogen) atoms. The maximum Gasteiger partial charge on any atom is 0.301 e. The van der Waals surface area contributed by atoms with Crippen LogP contribution in [0.5, 0.6) is 0 Å². The van der Waals surface area contributed by atoms with Crippen molar-refractivity contribution in [2.45, 2.75) is 19.8 Å². The number of benzene rings is 1. The van der Waals surface area contributed by atoms with Crippen LogP contribution < -0.4 is 4.72 Å². The van der Waals surface area contributed by atoms with Gasteiger partial charge in [0.05, 0.1) is 5.69 Å². The first-order valence-corrected chi connectivity index (χ1v) is 7.95. The van der Waals surface area contributed by atoms with Crippen LogP contribution in [0.2, 0.25) is 0 Å². The Balaban J connectivity index is 2.21. The summed E-state index contributed by atoms with van der Waals surface area (Å²) in [6.07, 6.45) is 1.81. The Morgan fingerprint density at radius 3 is 2.70 bits per heavy atom. The highest BCUT2D eigenvalue weighted by atomic mass is 32.2. The van der Waals surface area contributed by atoms with Crippen molar-refractivity contribution in [3.05, 3.63) is 29.3 Å². The van der Waals surface area contributed by atoms with Gasteiger partial charge in [-0.25, -0.2) is 0 Å². The van der Waals surface area contributed by atoms with Crippen LogP contribution in [0.15, 0.2) is 18.2 Å². The van der Waals surface area contributed by atoms with Gasteiger partial charge in [0.25, 0.3) is 0 Å². The molecule has 1 aliphatic heterocycles. The molecule has 1 heterocycles. The van der Waals surface area contributed by atoms with Crippen LogP contribution in [0.3, 0.4) is 0 Å². The summed E-state index contributed by atoms with van der Waals surface area (Å²) in [5.74, 6) is 5.38. The van der Waals surface area contributed by atoms with Gasteiger partial charge in [-0.15, -0.1) is 0 Å². The zero-order valence-electron chi connectivity index (χ0n) is 11.4. The fourth-order valence-corrected chi connectivity index (χ4v) is 3.39. The molecule has 0 radical (unpaired) electrons. The normalized spacial score (nSPS) is 15.7. The second kappa shape index (κ2) is 6.27. The zero-order valence-corrected chi connectivity index (χ0v) is 12.2. The number of anilines is 1. The van der Waals surface area contributed by atoms with E-state index in [1.165, 1.54) is 4.31 Å². The molecule has 0 bridgehead atoms. The van der Waals surface area contributed by atoms with Gasteiger partial charge < -0.3 is 5.11 Å². The lowest BCUT2D eigenvalue weighted by atomic mass is 10.1. The monoisotopic (exact) mass is 294 g/mol. The molecule has 0 spiro atoms. The molecule has 0 aliphatic carbocycles. The standard InChI is InChI=1S/C14H18N2O3S/c1-12-6-7-14(11-13(12)5-4-10-17)15-20(18,19)16-8-2-3-9-16/h6-7,11,15,17H,2-3,8-10H2,1H3. The maximum atomic E-state index is 12.2. The SMILES string of the molecule is Cc1ccc(NS(=O)(=O)N2CCCC2)cc1C#CCO. The van der Waals surface area contributed by atoms with Crippen LogP contribution >= 0.6 is 0 Å². The fraction of sp³-hybridized carbons (Fsp3) is 0.429. The predicted molar refractivity (Wildman–Crippen MR) is 78.5 cm³/mol. The van der Waals surface area contributed by atoms with Crippen LogP contribution in [0.4, 0.5) is 5.69 Å². The van der Waals surface area contributed by atoms with Gasteiger partial charge in [-0.05, 0) is 37.5 Å². The summed E-state index contributed by atoms with van der Waals surface area (Å²) < 4.78 is 28.3. The van der Waals surface area contributed by atoms with Gasteiger partial charge in [-0.3, -0.25) is 4.72 Å². The summed E-state index contributed by atoms with van der Waals surface area (Å²) in [5.41, 5.74) is 2.14. The minimum absolute atomic E-state index is 0.219. The van der Waals surface area contributed by atoms with Crippen molar-refractivity contribution in [3.8, 4) is 11.8 Å². The molecule has 0 saturated carbocycles. The van der Waals surface area contributed by atoms with Crippen LogP contribution in [0.1, 0.15) is 24.0 Å². The third-order valence-corrected chi connectivity index (χ3v) is 4.73. The first-order chi connectivity index (χ1) is 9.53. The average Bonchev–Trinajstić information content (AvgIpc) is 2.94. The number of nitrogens with zero attached hydrogens (tertiary/aromatic N) is 1. The van der Waals surface area contributed by atoms with E-state index in [0.29, 0.717) is 24.3 Å². The van der Waals surface area contributed by atoms with E-state index in [9.17, 15) is 8.42 Å². The molecule has 108 valence electrons. The minimum atomic E-state index is -3.48. The predicted octanol–water partition coefficient (Wildman–Crippen LogP) is 1.09. The lowest BCUT2D eigenvalue weighted by Crippen LogP contribution is -2.33. The Kier molecular flexibility index (Phi) is 4.65. The minimum Gasteiger partial charge on any atom is -0.384 e. The van der Waals surface area contributed by atoms with Crippen LogP contribution in [0, 0.1) is 18.8 Å². The van der Waals surface area contributed by atoms with Crippen molar-refractivity contribution in [2.75, 3.05) is 24.4 Å². The molecule has 0 unspecified atom stereocenters. The first-order valence-electron chi connectivity index (χ1n) is 6.51. The summed E-state index contributed by atoms with van der Waals surface area (Å²) in [4.78, 5) is 0. The van der Waals surface area contributed by atoms with Crippen molar-refractivity contribution in [1.29, 1.82) is 0 Å². The summed E-state index contributed by atoms with van der Waals surface area (Å²) in [6.45, 7) is 2.81. The lowest BCUT2D eigenvalue weighted by molar-refractivity contribution is 0.350. The van der Waals surface area contributed by atoms with E-state index in [0.717, 1.165) is 18.4 Å². The third-order valence-electron chi connectivity index (χ3n) is 3.19. The highest BCUT2D eigenvalue weighted by Gasteiger charge is 2.25. The maximum absolute atomic E-state index is 12.2. The number of hydrogen-bond acceptors (Lipinski definition) is 3. The number of aryl methyl sites for hydroxylation is 1. The molecule has 6 heteroatoms. The molecule has 1 saturated heterocycles. The van der Waals surface area contributed by atoms with Gasteiger partial charge in [0.1, 0.15) is 6.61 Å². The van der Waals surface area contributed by atoms with Gasteiger partial charge in [-0.1, -0.05) is 17.9 Å². The molecule has 1 aromatic rings. The Hall–Kier alpha value is -1.55. The van der Waals surface area contributed by atoms with Gasteiger partial charge in [-0.2, -0.15) is 12.7 Å². The van der Waals surface area contributed by atoms with Crippen molar-refractivity contribution in [3.63, 3.8) is 0 Å². The number of rotatable bonds is 3. The Morgan fingerprint density at radius 2 is 2.05 bits per heavy atom. The number of nitrogens with one attached hydrogen (secondary N) is 1. The van der Waals surface area contributed by atoms with Crippen molar-refractivity contribution < 1.29 is 13.5 Å². The molecular formula is C14H18N2O3S. The molecular weight excluding hydrogens is 276 g/mol. The molecule has 1 fully saturated rings. The zero-order chi connectivity index (χ0) is 14.6. The highest BCUT2D eigenvalue weighted by Crippen LogP contribution is 2.19. The fourth-order valence-electron chi connectivity index (χ4n) is 2.10. The van der Waals surface area contributed by atoms with Gasteiger partial charge in [0.2, 0.25) is 0 Å². The molecule has 1 aliphatic rings. The second-order valence-corrected chi connectivity index (χ2v) is 6.37.